The molecule has 1 saturated heterocycles. The van der Waals surface area contributed by atoms with E-state index in [0.29, 0.717) is 17.6 Å². The maximum absolute atomic E-state index is 12.6. The van der Waals surface area contributed by atoms with Crippen LogP contribution in [0.3, 0.4) is 0 Å². The first-order chi connectivity index (χ1) is 13.5. The highest BCUT2D eigenvalue weighted by molar-refractivity contribution is 6.50. The number of carbonyl (C=O) groups excluding carboxylic acids is 1. The SMILES string of the molecule is C1OCC2CC12.CC/C(CF)=C1/C=NNC(=O)C1=N.CCc1ccccc1F. The topological polar surface area (TPSA) is 74.5 Å². The lowest BCUT2D eigenvalue weighted by Gasteiger charge is -2.11. The van der Waals surface area contributed by atoms with E-state index >= 15 is 0 Å². The number of halogens is 2. The summed E-state index contributed by atoms with van der Waals surface area (Å²) in [5.74, 6) is 1.30. The lowest BCUT2D eigenvalue weighted by molar-refractivity contribution is -0.114. The highest BCUT2D eigenvalue weighted by atomic mass is 19.1. The van der Waals surface area contributed by atoms with Crippen LogP contribution in [0, 0.1) is 23.1 Å². The van der Waals surface area contributed by atoms with Crippen LogP contribution in [-0.4, -0.2) is 37.7 Å². The molecule has 0 aromatic heterocycles. The first kappa shape index (κ1) is 21.9. The molecular formula is C21H27F2N3O2. The average Bonchev–Trinajstić information content (AvgIpc) is 3.32. The van der Waals surface area contributed by atoms with Crippen LogP contribution >= 0.6 is 0 Å². The van der Waals surface area contributed by atoms with Crippen molar-refractivity contribution in [2.75, 3.05) is 19.9 Å². The summed E-state index contributed by atoms with van der Waals surface area (Å²) < 4.78 is 30.1. The van der Waals surface area contributed by atoms with Gasteiger partial charge in [0.2, 0.25) is 0 Å². The zero-order valence-electron chi connectivity index (χ0n) is 16.3. The third-order valence-corrected chi connectivity index (χ3v) is 4.90. The molecule has 2 N–H and O–H groups in total. The van der Waals surface area contributed by atoms with E-state index in [1.165, 1.54) is 18.7 Å². The van der Waals surface area contributed by atoms with E-state index in [1.807, 2.05) is 13.0 Å². The van der Waals surface area contributed by atoms with E-state index in [2.05, 4.69) is 10.5 Å². The summed E-state index contributed by atoms with van der Waals surface area (Å²) in [6.07, 6.45) is 4.02. The van der Waals surface area contributed by atoms with Crippen molar-refractivity contribution in [3.8, 4) is 0 Å². The molecule has 1 aromatic carbocycles. The minimum absolute atomic E-state index is 0.0972. The van der Waals surface area contributed by atoms with Crippen molar-refractivity contribution in [2.24, 2.45) is 16.9 Å². The van der Waals surface area contributed by atoms with Crippen LogP contribution in [0.15, 0.2) is 40.5 Å². The maximum atomic E-state index is 12.6. The molecular weight excluding hydrogens is 364 g/mol. The number of ether oxygens (including phenoxy) is 1. The molecule has 2 heterocycles. The standard InChI is InChI=1S/C8H10FN3O.C8H9F.C5H8O/c1-2-5(3-9)6-4-11-12-8(13)7(6)10;1-2-7-5-3-4-6-8(7)9;1-4-2-6-3-5(1)4/h4,10H,2-3H2,1H3,(H,12,13);3-6H,2H2,1H3;4-5H,1-3H2/b6-5+,10-7?;;. The van der Waals surface area contributed by atoms with Gasteiger partial charge in [-0.2, -0.15) is 5.10 Å². The Morgan fingerprint density at radius 2 is 1.96 bits per heavy atom. The van der Waals surface area contributed by atoms with Gasteiger partial charge in [-0.3, -0.25) is 10.2 Å². The number of hydrogen-bond acceptors (Lipinski definition) is 4. The van der Waals surface area contributed by atoms with Gasteiger partial charge in [-0.1, -0.05) is 32.0 Å². The molecule has 1 amide bonds. The molecule has 7 heteroatoms. The number of rotatable bonds is 3. The molecule has 1 saturated carbocycles. The number of hydrogen-bond donors (Lipinski definition) is 2. The molecule has 28 heavy (non-hydrogen) atoms. The molecule has 0 spiro atoms. The zero-order chi connectivity index (χ0) is 20.5. The molecule has 152 valence electrons. The molecule has 2 aliphatic heterocycles. The number of nitrogens with zero attached hydrogens (tertiary/aromatic N) is 1. The fourth-order valence-electron chi connectivity index (χ4n) is 2.90. The highest BCUT2D eigenvalue weighted by Crippen LogP contribution is 2.43. The van der Waals surface area contributed by atoms with Gasteiger partial charge in [0.15, 0.2) is 0 Å². The zero-order valence-corrected chi connectivity index (χ0v) is 16.3. The third kappa shape index (κ3) is 6.05. The van der Waals surface area contributed by atoms with Gasteiger partial charge in [0.1, 0.15) is 18.2 Å². The van der Waals surface area contributed by atoms with Crippen molar-refractivity contribution in [2.45, 2.75) is 33.1 Å². The molecule has 2 atom stereocenters. The largest absolute Gasteiger partial charge is 0.381 e. The summed E-state index contributed by atoms with van der Waals surface area (Å²) >= 11 is 0. The van der Waals surface area contributed by atoms with Crippen molar-refractivity contribution >= 4 is 17.8 Å². The summed E-state index contributed by atoms with van der Waals surface area (Å²) in [5, 5.41) is 10.9. The smallest absolute Gasteiger partial charge is 0.289 e. The Morgan fingerprint density at radius 3 is 2.39 bits per heavy atom. The minimum Gasteiger partial charge on any atom is -0.381 e. The quantitative estimate of drug-likeness (QED) is 0.822. The maximum Gasteiger partial charge on any atom is 0.289 e. The van der Waals surface area contributed by atoms with Crippen LogP contribution in [0.1, 0.15) is 32.3 Å². The first-order valence-electron chi connectivity index (χ1n) is 9.53. The van der Waals surface area contributed by atoms with Crippen molar-refractivity contribution in [1.82, 2.24) is 5.43 Å². The van der Waals surface area contributed by atoms with E-state index in [0.717, 1.165) is 37.0 Å². The van der Waals surface area contributed by atoms with Gasteiger partial charge in [0.25, 0.3) is 5.91 Å². The Balaban J connectivity index is 0.000000160. The van der Waals surface area contributed by atoms with Crippen LogP contribution in [0.25, 0.3) is 0 Å². The summed E-state index contributed by atoms with van der Waals surface area (Å²) in [7, 11) is 0. The second-order valence-corrected chi connectivity index (χ2v) is 6.82. The monoisotopic (exact) mass is 391 g/mol. The Bertz CT molecular complexity index is 748. The number of carbonyl (C=O) groups is 1. The Labute approximate surface area is 164 Å². The van der Waals surface area contributed by atoms with Gasteiger partial charge < -0.3 is 4.74 Å². The summed E-state index contributed by atoms with van der Waals surface area (Å²) in [6, 6.07) is 6.84. The first-order valence-corrected chi connectivity index (χ1v) is 9.53. The number of hydrazone groups is 1. The van der Waals surface area contributed by atoms with Crippen LogP contribution in [0.4, 0.5) is 8.78 Å². The lowest BCUT2D eigenvalue weighted by Crippen LogP contribution is -2.33. The Hall–Kier alpha value is -2.41. The molecule has 3 aliphatic rings. The van der Waals surface area contributed by atoms with Crippen LogP contribution in [0.2, 0.25) is 0 Å². The van der Waals surface area contributed by atoms with Crippen molar-refractivity contribution < 1.29 is 18.3 Å². The summed E-state index contributed by atoms with van der Waals surface area (Å²) in [6.45, 7) is 5.19. The molecule has 2 fully saturated rings. The number of fused-ring (bicyclic) bond motifs is 1. The minimum atomic E-state index is -0.645. The molecule has 2 unspecified atom stereocenters. The number of alkyl halides is 1. The van der Waals surface area contributed by atoms with E-state index in [-0.39, 0.29) is 11.5 Å². The molecule has 0 radical (unpaired) electrons. The number of amides is 1. The predicted octanol–water partition coefficient (Wildman–Crippen LogP) is 3.84. The summed E-state index contributed by atoms with van der Waals surface area (Å²) in [4.78, 5) is 10.9. The second kappa shape index (κ2) is 10.8. The van der Waals surface area contributed by atoms with Crippen LogP contribution in [0.5, 0.6) is 0 Å². The van der Waals surface area contributed by atoms with Gasteiger partial charge >= 0.3 is 0 Å². The van der Waals surface area contributed by atoms with E-state index in [1.54, 1.807) is 19.1 Å². The van der Waals surface area contributed by atoms with Gasteiger partial charge in [0.05, 0.1) is 6.21 Å². The fourth-order valence-corrected chi connectivity index (χ4v) is 2.90. The second-order valence-electron chi connectivity index (χ2n) is 6.82. The van der Waals surface area contributed by atoms with E-state index < -0.39 is 12.6 Å². The normalized spacial score (nSPS) is 23.6. The third-order valence-electron chi connectivity index (χ3n) is 4.90. The van der Waals surface area contributed by atoms with Gasteiger partial charge in [-0.15, -0.1) is 0 Å². The Morgan fingerprint density at radius 1 is 1.29 bits per heavy atom. The number of aryl methyl sites for hydroxylation is 1. The number of allylic oxidation sites excluding steroid dienone is 1. The van der Waals surface area contributed by atoms with Gasteiger partial charge in [-0.25, -0.2) is 14.2 Å². The van der Waals surface area contributed by atoms with Crippen LogP contribution in [-0.2, 0) is 16.0 Å². The van der Waals surface area contributed by atoms with Crippen molar-refractivity contribution in [1.29, 1.82) is 5.41 Å². The fraction of sp³-hybridized carbons (Fsp3) is 0.476. The molecule has 1 aliphatic carbocycles. The van der Waals surface area contributed by atoms with Gasteiger partial charge in [-0.05, 0) is 48.3 Å². The molecule has 1 aromatic rings. The number of benzene rings is 1. The van der Waals surface area contributed by atoms with E-state index in [9.17, 15) is 13.6 Å². The summed E-state index contributed by atoms with van der Waals surface area (Å²) in [5.41, 5.74) is 3.42. The average molecular weight is 391 g/mol. The van der Waals surface area contributed by atoms with Crippen LogP contribution < -0.4 is 5.43 Å². The molecule has 0 bridgehead atoms. The highest BCUT2D eigenvalue weighted by Gasteiger charge is 2.41. The van der Waals surface area contributed by atoms with Gasteiger partial charge in [0, 0.05) is 18.8 Å². The van der Waals surface area contributed by atoms with E-state index in [4.69, 9.17) is 10.1 Å². The van der Waals surface area contributed by atoms with Crippen molar-refractivity contribution in [3.63, 3.8) is 0 Å². The number of nitrogens with one attached hydrogen (secondary N) is 2. The lowest BCUT2D eigenvalue weighted by atomic mass is 10.0. The predicted molar refractivity (Wildman–Crippen MR) is 106 cm³/mol. The van der Waals surface area contributed by atoms with Crippen molar-refractivity contribution in [3.05, 3.63) is 46.8 Å². The Kier molecular flexibility index (Phi) is 8.44. The molecule has 5 nitrogen and oxygen atoms in total. The molecule has 4 rings (SSSR count).